The number of aromatic nitrogens is 2. The van der Waals surface area contributed by atoms with Crippen LogP contribution in [0.4, 0.5) is 5.69 Å². The zero-order chi connectivity index (χ0) is 23.8. The Labute approximate surface area is 200 Å². The van der Waals surface area contributed by atoms with Crippen LogP contribution in [-0.2, 0) is 0 Å². The van der Waals surface area contributed by atoms with Gasteiger partial charge >= 0.3 is 0 Å². The van der Waals surface area contributed by atoms with E-state index in [-0.39, 0.29) is 11.4 Å². The highest BCUT2D eigenvalue weighted by molar-refractivity contribution is 6.31. The number of anilines is 1. The molecule has 0 spiro atoms. The molecule has 2 heterocycles. The van der Waals surface area contributed by atoms with E-state index in [1.807, 2.05) is 43.3 Å². The Morgan fingerprint density at radius 3 is 2.71 bits per heavy atom. The molecule has 7 nitrogen and oxygen atoms in total. The van der Waals surface area contributed by atoms with E-state index < -0.39 is 0 Å². The van der Waals surface area contributed by atoms with Gasteiger partial charge in [-0.15, -0.1) is 0 Å². The number of rotatable bonds is 5. The van der Waals surface area contributed by atoms with E-state index in [1.165, 1.54) is 4.68 Å². The highest BCUT2D eigenvalue weighted by Crippen LogP contribution is 2.29. The Kier molecular flexibility index (Phi) is 5.55. The smallest absolute Gasteiger partial charge is 0.282 e. The first kappa shape index (κ1) is 21.7. The summed E-state index contributed by atoms with van der Waals surface area (Å²) in [4.78, 5) is 20.1. The molecule has 3 aromatic carbocycles. The predicted molar refractivity (Wildman–Crippen MR) is 137 cm³/mol. The number of hydrogen-bond acceptors (Lipinski definition) is 6. The molecule has 0 saturated carbocycles. The van der Waals surface area contributed by atoms with Gasteiger partial charge in [-0.05, 0) is 48.5 Å². The molecule has 2 aromatic heterocycles. The number of para-hydroxylation sites is 1. The number of hydrogen-bond donors (Lipinski definition) is 0. The second-order valence-electron chi connectivity index (χ2n) is 7.93. The minimum Gasteiger partial charge on any atom is -0.496 e. The molecule has 0 unspecified atom stereocenters. The lowest BCUT2D eigenvalue weighted by molar-refractivity contribution is 0.414. The Bertz CT molecular complexity index is 1620. The second kappa shape index (κ2) is 8.68. The van der Waals surface area contributed by atoms with Crippen LogP contribution in [0.25, 0.3) is 33.5 Å². The zero-order valence-electron chi connectivity index (χ0n) is 18.8. The monoisotopic (exact) mass is 472 g/mol. The van der Waals surface area contributed by atoms with Gasteiger partial charge in [0, 0.05) is 41.8 Å². The maximum Gasteiger partial charge on any atom is 0.282 e. The van der Waals surface area contributed by atoms with Gasteiger partial charge in [0.1, 0.15) is 11.3 Å². The third-order valence-corrected chi connectivity index (χ3v) is 5.73. The van der Waals surface area contributed by atoms with Crippen LogP contribution in [0.3, 0.4) is 0 Å². The molecule has 0 aliphatic rings. The standard InChI is InChI=1S/C26H21ClN4O3/c1-30(2)19-10-8-16(23(14-19)33-3)15-28-31-25(29-21-7-5-4-6-20(21)26(31)32)24-13-17-12-18(27)9-11-22(17)34-24/h4-15H,1-3H3. The van der Waals surface area contributed by atoms with Crippen molar-refractivity contribution in [1.29, 1.82) is 0 Å². The lowest BCUT2D eigenvalue weighted by Gasteiger charge is -2.14. The van der Waals surface area contributed by atoms with E-state index in [0.29, 0.717) is 33.0 Å². The fourth-order valence-electron chi connectivity index (χ4n) is 3.72. The van der Waals surface area contributed by atoms with Gasteiger partial charge in [-0.1, -0.05) is 23.7 Å². The van der Waals surface area contributed by atoms with Gasteiger partial charge in [0.2, 0.25) is 5.82 Å². The Morgan fingerprint density at radius 2 is 1.91 bits per heavy atom. The second-order valence-corrected chi connectivity index (χ2v) is 8.36. The zero-order valence-corrected chi connectivity index (χ0v) is 19.6. The van der Waals surface area contributed by atoms with Crippen molar-refractivity contribution in [3.63, 3.8) is 0 Å². The molecule has 170 valence electrons. The summed E-state index contributed by atoms with van der Waals surface area (Å²) in [5, 5.41) is 6.37. The van der Waals surface area contributed by atoms with Gasteiger partial charge in [0.25, 0.3) is 5.56 Å². The van der Waals surface area contributed by atoms with Crippen molar-refractivity contribution in [1.82, 2.24) is 9.66 Å². The maximum absolute atomic E-state index is 13.4. The third-order valence-electron chi connectivity index (χ3n) is 5.50. The van der Waals surface area contributed by atoms with E-state index in [2.05, 4.69) is 5.10 Å². The summed E-state index contributed by atoms with van der Waals surface area (Å²) in [7, 11) is 5.51. The first-order valence-corrected chi connectivity index (χ1v) is 10.9. The molecule has 8 heteroatoms. The molecule has 0 N–H and O–H groups in total. The number of benzene rings is 3. The summed E-state index contributed by atoms with van der Waals surface area (Å²) in [5.74, 6) is 1.33. The maximum atomic E-state index is 13.4. The largest absolute Gasteiger partial charge is 0.496 e. The van der Waals surface area contributed by atoms with E-state index in [9.17, 15) is 4.79 Å². The molecule has 34 heavy (non-hydrogen) atoms. The van der Waals surface area contributed by atoms with Crippen LogP contribution < -0.4 is 15.2 Å². The minimum absolute atomic E-state index is 0.288. The number of methoxy groups -OCH3 is 1. The summed E-state index contributed by atoms with van der Waals surface area (Å²) >= 11 is 6.13. The molecular formula is C26H21ClN4O3. The molecule has 0 aliphatic heterocycles. The Hall–Kier alpha value is -4.10. The lowest BCUT2D eigenvalue weighted by Crippen LogP contribution is -2.20. The highest BCUT2D eigenvalue weighted by atomic mass is 35.5. The number of fused-ring (bicyclic) bond motifs is 2. The quantitative estimate of drug-likeness (QED) is 0.319. The van der Waals surface area contributed by atoms with Crippen molar-refractivity contribution in [3.8, 4) is 17.3 Å². The van der Waals surface area contributed by atoms with E-state index in [1.54, 1.807) is 55.8 Å². The predicted octanol–water partition coefficient (Wildman–Crippen LogP) is 5.42. The normalized spacial score (nSPS) is 11.5. The van der Waals surface area contributed by atoms with Gasteiger partial charge in [-0.25, -0.2) is 4.98 Å². The van der Waals surface area contributed by atoms with Gasteiger partial charge in [0.05, 0.1) is 24.2 Å². The van der Waals surface area contributed by atoms with Crippen LogP contribution in [0.1, 0.15) is 5.56 Å². The Balaban J connectivity index is 1.70. The average molecular weight is 473 g/mol. The number of ether oxygens (including phenoxy) is 1. The molecule has 0 saturated heterocycles. The first-order chi connectivity index (χ1) is 16.4. The van der Waals surface area contributed by atoms with Crippen LogP contribution in [0, 0.1) is 0 Å². The van der Waals surface area contributed by atoms with Crippen LogP contribution in [-0.4, -0.2) is 37.1 Å². The molecule has 0 bridgehead atoms. The van der Waals surface area contributed by atoms with Crippen LogP contribution in [0.15, 0.2) is 81.0 Å². The van der Waals surface area contributed by atoms with Crippen molar-refractivity contribution >= 4 is 45.4 Å². The van der Waals surface area contributed by atoms with Crippen molar-refractivity contribution in [2.75, 3.05) is 26.1 Å². The number of furan rings is 1. The molecule has 5 aromatic rings. The van der Waals surface area contributed by atoms with Gasteiger partial charge in [-0.2, -0.15) is 9.78 Å². The molecular weight excluding hydrogens is 452 g/mol. The molecule has 5 rings (SSSR count). The van der Waals surface area contributed by atoms with Crippen molar-refractivity contribution in [2.45, 2.75) is 0 Å². The molecule has 0 fully saturated rings. The van der Waals surface area contributed by atoms with E-state index in [4.69, 9.17) is 25.7 Å². The fraction of sp³-hybridized carbons (Fsp3) is 0.115. The summed E-state index contributed by atoms with van der Waals surface area (Å²) in [6.45, 7) is 0. The van der Waals surface area contributed by atoms with E-state index >= 15 is 0 Å². The summed E-state index contributed by atoms with van der Waals surface area (Å²) in [5.41, 5.74) is 2.59. The summed E-state index contributed by atoms with van der Waals surface area (Å²) < 4.78 is 12.8. The SMILES string of the molecule is COc1cc(N(C)C)ccc1C=Nn1c(-c2cc3cc(Cl)ccc3o2)nc2ccccc2c1=O. The van der Waals surface area contributed by atoms with Crippen molar-refractivity contribution in [2.24, 2.45) is 5.10 Å². The van der Waals surface area contributed by atoms with Crippen LogP contribution >= 0.6 is 11.6 Å². The fourth-order valence-corrected chi connectivity index (χ4v) is 3.90. The minimum atomic E-state index is -0.306. The average Bonchev–Trinajstić information content (AvgIpc) is 3.26. The van der Waals surface area contributed by atoms with E-state index in [0.717, 1.165) is 16.6 Å². The summed E-state index contributed by atoms with van der Waals surface area (Å²) in [6, 6.07) is 20.0. The topological polar surface area (TPSA) is 72.9 Å². The van der Waals surface area contributed by atoms with Crippen LogP contribution in [0.5, 0.6) is 5.75 Å². The van der Waals surface area contributed by atoms with Gasteiger partial charge < -0.3 is 14.1 Å². The molecule has 0 aliphatic carbocycles. The number of halogens is 1. The molecule has 0 radical (unpaired) electrons. The highest BCUT2D eigenvalue weighted by Gasteiger charge is 2.17. The Morgan fingerprint density at radius 1 is 1.09 bits per heavy atom. The van der Waals surface area contributed by atoms with Crippen molar-refractivity contribution < 1.29 is 9.15 Å². The third kappa shape index (κ3) is 3.91. The van der Waals surface area contributed by atoms with Gasteiger partial charge in [-0.3, -0.25) is 4.79 Å². The van der Waals surface area contributed by atoms with Crippen LogP contribution in [0.2, 0.25) is 5.02 Å². The van der Waals surface area contributed by atoms with Crippen molar-refractivity contribution in [3.05, 3.63) is 87.7 Å². The lowest BCUT2D eigenvalue weighted by atomic mass is 10.2. The van der Waals surface area contributed by atoms with Gasteiger partial charge in [0.15, 0.2) is 5.76 Å². The number of nitrogens with zero attached hydrogens (tertiary/aromatic N) is 4. The first-order valence-electron chi connectivity index (χ1n) is 10.6. The molecule has 0 amide bonds. The molecule has 0 atom stereocenters. The summed E-state index contributed by atoms with van der Waals surface area (Å²) in [6.07, 6.45) is 1.58.